The molecule has 4 atom stereocenters. The molecule has 122 valence electrons. The average molecular weight is 323 g/mol. The number of alkyl halides is 2. The van der Waals surface area contributed by atoms with Crippen molar-refractivity contribution >= 4 is 17.6 Å². The van der Waals surface area contributed by atoms with E-state index in [4.69, 9.17) is 0 Å². The maximum absolute atomic E-state index is 12.4. The highest BCUT2D eigenvalue weighted by molar-refractivity contribution is 5.96. The first-order valence-corrected chi connectivity index (χ1v) is 7.22. The Morgan fingerprint density at radius 2 is 1.74 bits per heavy atom. The van der Waals surface area contributed by atoms with Crippen LogP contribution in [0.3, 0.4) is 0 Å². The lowest BCUT2D eigenvalue weighted by atomic mass is 9.82. The topological polar surface area (TPSA) is 75.6 Å². The maximum atomic E-state index is 12.4. The van der Waals surface area contributed by atoms with Crippen molar-refractivity contribution in [2.45, 2.75) is 13.0 Å². The summed E-state index contributed by atoms with van der Waals surface area (Å²) < 4.78 is 28.4. The molecule has 1 aromatic rings. The molecule has 0 aliphatic heterocycles. The monoisotopic (exact) mass is 323 g/mol. The fraction of sp³-hybridized carbons (Fsp3) is 0.375. The molecule has 3 rings (SSSR count). The van der Waals surface area contributed by atoms with Crippen molar-refractivity contribution in [2.24, 2.45) is 23.7 Å². The number of allylic oxidation sites excluding steroid dienone is 2. The second kappa shape index (κ2) is 5.98. The third kappa shape index (κ3) is 3.04. The minimum Gasteiger partial charge on any atom is -0.481 e. The van der Waals surface area contributed by atoms with Crippen LogP contribution in [0.1, 0.15) is 6.42 Å². The lowest BCUT2D eigenvalue weighted by molar-refractivity contribution is -0.146. The van der Waals surface area contributed by atoms with Crippen molar-refractivity contribution in [1.82, 2.24) is 0 Å². The number of carbonyl (C=O) groups is 2. The number of carbonyl (C=O) groups excluding carboxylic acids is 1. The maximum Gasteiger partial charge on any atom is 0.387 e. The average Bonchev–Trinajstić information content (AvgIpc) is 3.09. The summed E-state index contributed by atoms with van der Waals surface area (Å²) in [6.07, 6.45) is 4.44. The molecule has 5 nitrogen and oxygen atoms in total. The first kappa shape index (κ1) is 15.5. The zero-order chi connectivity index (χ0) is 16.6. The van der Waals surface area contributed by atoms with E-state index < -0.39 is 24.4 Å². The van der Waals surface area contributed by atoms with E-state index in [1.165, 1.54) is 24.3 Å². The third-order valence-electron chi connectivity index (χ3n) is 4.39. The van der Waals surface area contributed by atoms with Gasteiger partial charge in [0.2, 0.25) is 5.91 Å². The normalized spacial score (nSPS) is 28.1. The predicted octanol–water partition coefficient (Wildman–Crippen LogP) is 2.75. The van der Waals surface area contributed by atoms with E-state index in [-0.39, 0.29) is 23.5 Å². The summed E-state index contributed by atoms with van der Waals surface area (Å²) in [5.74, 6) is -2.84. The van der Waals surface area contributed by atoms with Gasteiger partial charge < -0.3 is 15.2 Å². The number of nitrogens with one attached hydrogen (secondary N) is 1. The number of amides is 1. The zero-order valence-corrected chi connectivity index (χ0v) is 12.0. The number of benzene rings is 1. The highest BCUT2D eigenvalue weighted by Gasteiger charge is 2.51. The van der Waals surface area contributed by atoms with Crippen LogP contribution in [0.2, 0.25) is 0 Å². The Morgan fingerprint density at radius 3 is 2.30 bits per heavy atom. The number of ether oxygens (including phenoxy) is 1. The van der Waals surface area contributed by atoms with Gasteiger partial charge in [0.1, 0.15) is 5.75 Å². The van der Waals surface area contributed by atoms with E-state index in [9.17, 15) is 23.5 Å². The largest absolute Gasteiger partial charge is 0.481 e. The molecule has 2 aliphatic carbocycles. The highest BCUT2D eigenvalue weighted by atomic mass is 19.3. The van der Waals surface area contributed by atoms with Gasteiger partial charge in [0.15, 0.2) is 0 Å². The number of anilines is 1. The van der Waals surface area contributed by atoms with Crippen LogP contribution in [0, 0.1) is 23.7 Å². The van der Waals surface area contributed by atoms with Gasteiger partial charge in [-0.2, -0.15) is 8.78 Å². The number of fused-ring (bicyclic) bond motifs is 2. The number of hydrogen-bond acceptors (Lipinski definition) is 3. The van der Waals surface area contributed by atoms with Crippen molar-refractivity contribution in [3.63, 3.8) is 0 Å². The van der Waals surface area contributed by atoms with E-state index in [0.717, 1.165) is 0 Å². The first-order chi connectivity index (χ1) is 11.0. The van der Waals surface area contributed by atoms with Gasteiger partial charge in [0.25, 0.3) is 0 Å². The number of halogens is 2. The lowest BCUT2D eigenvalue weighted by Crippen LogP contribution is -2.36. The van der Waals surface area contributed by atoms with Crippen LogP contribution in [-0.2, 0) is 9.59 Å². The third-order valence-corrected chi connectivity index (χ3v) is 4.39. The van der Waals surface area contributed by atoms with Crippen LogP contribution in [0.4, 0.5) is 14.5 Å². The van der Waals surface area contributed by atoms with Crippen molar-refractivity contribution in [3.8, 4) is 5.75 Å². The summed E-state index contributed by atoms with van der Waals surface area (Å²) in [5.41, 5.74) is 0.410. The molecule has 1 amide bonds. The van der Waals surface area contributed by atoms with Crippen LogP contribution in [0.25, 0.3) is 0 Å². The number of carboxylic acid groups (broad SMARTS) is 1. The molecule has 1 saturated carbocycles. The molecular weight excluding hydrogens is 308 g/mol. The molecule has 0 spiro atoms. The smallest absolute Gasteiger partial charge is 0.387 e. The standard InChI is InChI=1S/C16H15F2NO4/c17-16(18)23-11-5-3-10(4-6-11)19-14(20)12-8-1-2-9(7-8)13(12)15(21)22/h1-6,8-9,12-13,16H,7H2,(H,19,20)(H,21,22). The Balaban J connectivity index is 1.69. The molecular formula is C16H15F2NO4. The fourth-order valence-corrected chi connectivity index (χ4v) is 3.46. The summed E-state index contributed by atoms with van der Waals surface area (Å²) in [6.45, 7) is -2.91. The van der Waals surface area contributed by atoms with E-state index in [0.29, 0.717) is 12.1 Å². The second-order valence-electron chi connectivity index (χ2n) is 5.73. The summed E-state index contributed by atoms with van der Waals surface area (Å²) in [6, 6.07) is 5.51. The zero-order valence-electron chi connectivity index (χ0n) is 12.0. The Kier molecular flexibility index (Phi) is 4.02. The van der Waals surface area contributed by atoms with Crippen molar-refractivity contribution < 1.29 is 28.2 Å². The van der Waals surface area contributed by atoms with Crippen LogP contribution < -0.4 is 10.1 Å². The number of rotatable bonds is 5. The Hall–Kier alpha value is -2.44. The van der Waals surface area contributed by atoms with Gasteiger partial charge in [-0.05, 0) is 42.5 Å². The Bertz CT molecular complexity index is 644. The van der Waals surface area contributed by atoms with Gasteiger partial charge in [-0.15, -0.1) is 0 Å². The van der Waals surface area contributed by atoms with Gasteiger partial charge in [0.05, 0.1) is 11.8 Å². The molecule has 23 heavy (non-hydrogen) atoms. The van der Waals surface area contributed by atoms with Gasteiger partial charge in [-0.3, -0.25) is 9.59 Å². The molecule has 2 N–H and O–H groups in total. The summed E-state index contributed by atoms with van der Waals surface area (Å²) in [5, 5.41) is 12.0. The summed E-state index contributed by atoms with van der Waals surface area (Å²) in [7, 11) is 0. The molecule has 0 aromatic heterocycles. The van der Waals surface area contributed by atoms with Crippen LogP contribution in [0.15, 0.2) is 36.4 Å². The predicted molar refractivity (Wildman–Crippen MR) is 77.1 cm³/mol. The molecule has 1 fully saturated rings. The van der Waals surface area contributed by atoms with Crippen LogP contribution >= 0.6 is 0 Å². The minimum atomic E-state index is -2.91. The molecule has 0 heterocycles. The van der Waals surface area contributed by atoms with E-state index in [1.807, 2.05) is 12.2 Å². The summed E-state index contributed by atoms with van der Waals surface area (Å²) >= 11 is 0. The minimum absolute atomic E-state index is 0.00994. The van der Waals surface area contributed by atoms with Crippen molar-refractivity contribution in [1.29, 1.82) is 0 Å². The molecule has 7 heteroatoms. The Morgan fingerprint density at radius 1 is 1.13 bits per heavy atom. The SMILES string of the molecule is O=C(O)C1C2C=CC(C2)C1C(=O)Nc1ccc(OC(F)F)cc1. The number of aliphatic carboxylic acids is 1. The Labute approximate surface area is 130 Å². The van der Waals surface area contributed by atoms with E-state index in [2.05, 4.69) is 10.1 Å². The van der Waals surface area contributed by atoms with Crippen molar-refractivity contribution in [2.75, 3.05) is 5.32 Å². The quantitative estimate of drug-likeness (QED) is 0.817. The lowest BCUT2D eigenvalue weighted by Gasteiger charge is -2.23. The van der Waals surface area contributed by atoms with Gasteiger partial charge in [-0.1, -0.05) is 12.2 Å². The molecule has 0 saturated heterocycles. The van der Waals surface area contributed by atoms with Crippen LogP contribution in [-0.4, -0.2) is 23.6 Å². The molecule has 2 bridgehead atoms. The second-order valence-corrected chi connectivity index (χ2v) is 5.73. The van der Waals surface area contributed by atoms with Crippen LogP contribution in [0.5, 0.6) is 5.75 Å². The molecule has 1 aromatic carbocycles. The molecule has 2 aliphatic rings. The van der Waals surface area contributed by atoms with Crippen molar-refractivity contribution in [3.05, 3.63) is 36.4 Å². The fourth-order valence-electron chi connectivity index (χ4n) is 3.46. The molecule has 0 radical (unpaired) electrons. The van der Waals surface area contributed by atoms with Gasteiger partial charge in [-0.25, -0.2) is 0 Å². The van der Waals surface area contributed by atoms with E-state index in [1.54, 1.807) is 0 Å². The number of hydrogen-bond donors (Lipinski definition) is 2. The molecule has 4 unspecified atom stereocenters. The number of carboxylic acids is 1. The van der Waals surface area contributed by atoms with Gasteiger partial charge in [0, 0.05) is 5.69 Å². The van der Waals surface area contributed by atoms with Gasteiger partial charge >= 0.3 is 12.6 Å². The van der Waals surface area contributed by atoms with E-state index >= 15 is 0 Å². The first-order valence-electron chi connectivity index (χ1n) is 7.22. The summed E-state index contributed by atoms with van der Waals surface area (Å²) in [4.78, 5) is 23.8. The highest BCUT2D eigenvalue weighted by Crippen LogP contribution is 2.48.